The molecule has 0 radical (unpaired) electrons. The van der Waals surface area contributed by atoms with Gasteiger partial charge in [0.1, 0.15) is 29.6 Å². The van der Waals surface area contributed by atoms with E-state index in [0.717, 1.165) is 11.1 Å². The van der Waals surface area contributed by atoms with Crippen LogP contribution >= 0.6 is 0 Å². The molecule has 4 aromatic rings. The zero-order valence-electron chi connectivity index (χ0n) is 17.6. The van der Waals surface area contributed by atoms with Crippen LogP contribution in [0.25, 0.3) is 17.0 Å². The van der Waals surface area contributed by atoms with Crippen LogP contribution in [0.3, 0.4) is 0 Å². The van der Waals surface area contributed by atoms with Crippen LogP contribution in [0.1, 0.15) is 30.7 Å². The van der Waals surface area contributed by atoms with Gasteiger partial charge in [0.25, 0.3) is 0 Å². The number of hydrogen-bond donors (Lipinski definition) is 0. The number of imidazole rings is 1. The van der Waals surface area contributed by atoms with Crippen LogP contribution in [0.5, 0.6) is 5.75 Å². The van der Waals surface area contributed by atoms with Crippen LogP contribution in [-0.4, -0.2) is 25.8 Å². The van der Waals surface area contributed by atoms with E-state index in [1.54, 1.807) is 55.2 Å². The lowest BCUT2D eigenvalue weighted by Crippen LogP contribution is -2.29. The summed E-state index contributed by atoms with van der Waals surface area (Å²) in [5, 5.41) is 0. The minimum absolute atomic E-state index is 0.0742. The first-order chi connectivity index (χ1) is 15.4. The lowest BCUT2D eigenvalue weighted by Gasteiger charge is -2.17. The van der Waals surface area contributed by atoms with E-state index in [2.05, 4.69) is 9.97 Å². The van der Waals surface area contributed by atoms with Gasteiger partial charge < -0.3 is 13.9 Å². The molecule has 0 saturated heterocycles. The van der Waals surface area contributed by atoms with Crippen LogP contribution in [0, 0.1) is 5.82 Å². The number of fused-ring (bicyclic) bond motifs is 1. The molecule has 0 N–H and O–H groups in total. The smallest absolute Gasteiger partial charge is 0.210 e. The number of carbonyl (C=O) groups is 1. The Morgan fingerprint density at radius 1 is 1.06 bits per heavy atom. The van der Waals surface area contributed by atoms with Crippen molar-refractivity contribution in [3.63, 3.8) is 0 Å². The van der Waals surface area contributed by atoms with Crippen molar-refractivity contribution in [3.8, 4) is 5.75 Å². The van der Waals surface area contributed by atoms with Crippen molar-refractivity contribution < 1.29 is 18.7 Å². The van der Waals surface area contributed by atoms with E-state index in [9.17, 15) is 9.18 Å². The van der Waals surface area contributed by atoms with Crippen molar-refractivity contribution in [1.29, 1.82) is 0 Å². The number of ketones is 1. The maximum atomic E-state index is 13.3. The second-order valence-corrected chi connectivity index (χ2v) is 8.04. The molecular formula is C25H20FN3O3. The van der Waals surface area contributed by atoms with Gasteiger partial charge >= 0.3 is 0 Å². The summed E-state index contributed by atoms with van der Waals surface area (Å²) < 4.78 is 27.0. The number of benzene rings is 1. The molecule has 0 atom stereocenters. The van der Waals surface area contributed by atoms with Gasteiger partial charge in [-0.15, -0.1) is 0 Å². The Morgan fingerprint density at radius 2 is 1.81 bits per heavy atom. The summed E-state index contributed by atoms with van der Waals surface area (Å²) >= 11 is 0. The summed E-state index contributed by atoms with van der Waals surface area (Å²) in [4.78, 5) is 21.5. The van der Waals surface area contributed by atoms with Crippen LogP contribution in [0.4, 0.5) is 4.39 Å². The minimum atomic E-state index is -0.939. The van der Waals surface area contributed by atoms with Gasteiger partial charge in [0.2, 0.25) is 5.78 Å². The maximum Gasteiger partial charge on any atom is 0.210 e. The second-order valence-electron chi connectivity index (χ2n) is 8.04. The molecule has 4 heterocycles. The van der Waals surface area contributed by atoms with Gasteiger partial charge in [-0.2, -0.15) is 0 Å². The standard InChI is InChI=1S/C25H20FN3O3/c1-25(2)24(30)22(23(32-25)17-7-10-27-11-8-17)16-3-5-20(6-4-16)31-15-19-14-29-12-9-18(26)13-21(29)28-19/h3-14H,15H2,1-2H3. The first-order valence-corrected chi connectivity index (χ1v) is 10.2. The number of aromatic nitrogens is 3. The molecule has 3 aromatic heterocycles. The number of ether oxygens (including phenoxy) is 2. The molecule has 0 spiro atoms. The van der Waals surface area contributed by atoms with Gasteiger partial charge in [-0.05, 0) is 49.7 Å². The minimum Gasteiger partial charge on any atom is -0.487 e. The van der Waals surface area contributed by atoms with E-state index in [1.165, 1.54) is 12.1 Å². The van der Waals surface area contributed by atoms with Gasteiger partial charge in [0, 0.05) is 36.4 Å². The van der Waals surface area contributed by atoms with Crippen LogP contribution in [0.15, 0.2) is 73.3 Å². The first kappa shape index (κ1) is 19.9. The molecule has 1 aromatic carbocycles. The van der Waals surface area contributed by atoms with E-state index in [-0.39, 0.29) is 18.2 Å². The Balaban J connectivity index is 1.38. The fraction of sp³-hybridized carbons (Fsp3) is 0.160. The van der Waals surface area contributed by atoms with E-state index < -0.39 is 5.60 Å². The molecule has 0 bridgehead atoms. The molecule has 0 aliphatic carbocycles. The average molecular weight is 429 g/mol. The summed E-state index contributed by atoms with van der Waals surface area (Å²) in [5.41, 5.74) is 2.36. The summed E-state index contributed by atoms with van der Waals surface area (Å²) in [5.74, 6) is 0.775. The zero-order valence-corrected chi connectivity index (χ0v) is 17.6. The number of carbonyl (C=O) groups excluding carboxylic acids is 1. The predicted octanol–water partition coefficient (Wildman–Crippen LogP) is 4.69. The number of nitrogens with zero attached hydrogens (tertiary/aromatic N) is 3. The molecule has 0 saturated carbocycles. The summed E-state index contributed by atoms with van der Waals surface area (Å²) in [7, 11) is 0. The predicted molar refractivity (Wildman–Crippen MR) is 117 cm³/mol. The fourth-order valence-electron chi connectivity index (χ4n) is 3.68. The van der Waals surface area contributed by atoms with Crippen molar-refractivity contribution in [1.82, 2.24) is 14.4 Å². The quantitative estimate of drug-likeness (QED) is 0.460. The monoisotopic (exact) mass is 429 g/mol. The number of pyridine rings is 2. The van der Waals surface area contributed by atoms with Crippen molar-refractivity contribution >= 4 is 22.8 Å². The third kappa shape index (κ3) is 3.62. The van der Waals surface area contributed by atoms with Crippen molar-refractivity contribution in [2.45, 2.75) is 26.1 Å². The average Bonchev–Trinajstić information content (AvgIpc) is 3.30. The lowest BCUT2D eigenvalue weighted by atomic mass is 9.93. The first-order valence-electron chi connectivity index (χ1n) is 10.2. The molecule has 5 rings (SSSR count). The molecule has 0 fully saturated rings. The Morgan fingerprint density at radius 3 is 2.56 bits per heavy atom. The molecular weight excluding hydrogens is 409 g/mol. The third-order valence-corrected chi connectivity index (χ3v) is 5.30. The van der Waals surface area contributed by atoms with Gasteiger partial charge in [0.15, 0.2) is 5.60 Å². The molecule has 0 unspecified atom stereocenters. The maximum absolute atomic E-state index is 13.3. The van der Waals surface area contributed by atoms with Crippen LogP contribution in [0.2, 0.25) is 0 Å². The van der Waals surface area contributed by atoms with E-state index in [1.807, 2.05) is 24.3 Å². The lowest BCUT2D eigenvalue weighted by molar-refractivity contribution is -0.125. The molecule has 160 valence electrons. The molecule has 6 nitrogen and oxygen atoms in total. The molecule has 1 aliphatic rings. The molecule has 1 aliphatic heterocycles. The highest BCUT2D eigenvalue weighted by atomic mass is 19.1. The molecule has 7 heteroatoms. The van der Waals surface area contributed by atoms with Crippen LogP contribution in [-0.2, 0) is 16.1 Å². The summed E-state index contributed by atoms with van der Waals surface area (Å²) in [6.45, 7) is 3.77. The Kier molecular flexibility index (Phi) is 4.74. The van der Waals surface area contributed by atoms with Crippen molar-refractivity contribution in [2.75, 3.05) is 0 Å². The van der Waals surface area contributed by atoms with Gasteiger partial charge in [-0.25, -0.2) is 9.37 Å². The van der Waals surface area contributed by atoms with E-state index >= 15 is 0 Å². The highest BCUT2D eigenvalue weighted by molar-refractivity contribution is 6.32. The normalized spacial score (nSPS) is 15.3. The van der Waals surface area contributed by atoms with Crippen LogP contribution < -0.4 is 4.74 Å². The summed E-state index contributed by atoms with van der Waals surface area (Å²) in [6, 6.07) is 13.7. The highest BCUT2D eigenvalue weighted by Crippen LogP contribution is 2.41. The van der Waals surface area contributed by atoms with Gasteiger partial charge in [0.05, 0.1) is 11.3 Å². The van der Waals surface area contributed by atoms with E-state index in [0.29, 0.717) is 28.4 Å². The molecule has 32 heavy (non-hydrogen) atoms. The van der Waals surface area contributed by atoms with Crippen molar-refractivity contribution in [2.24, 2.45) is 0 Å². The SMILES string of the molecule is CC1(C)OC(c2ccncc2)=C(c2ccc(OCc3cn4ccc(F)cc4n3)cc2)C1=O. The second kappa shape index (κ2) is 7.60. The summed E-state index contributed by atoms with van der Waals surface area (Å²) in [6.07, 6.45) is 6.76. The Hall–Kier alpha value is -4.00. The number of hydrogen-bond acceptors (Lipinski definition) is 5. The Bertz CT molecular complexity index is 1340. The largest absolute Gasteiger partial charge is 0.487 e. The van der Waals surface area contributed by atoms with E-state index in [4.69, 9.17) is 9.47 Å². The molecule has 0 amide bonds. The van der Waals surface area contributed by atoms with Crippen molar-refractivity contribution in [3.05, 3.63) is 96.0 Å². The Labute approximate surface area is 184 Å². The van der Waals surface area contributed by atoms with Gasteiger partial charge in [-0.1, -0.05) is 12.1 Å². The number of halogens is 1. The third-order valence-electron chi connectivity index (χ3n) is 5.30. The zero-order chi connectivity index (χ0) is 22.3. The van der Waals surface area contributed by atoms with Gasteiger partial charge in [-0.3, -0.25) is 9.78 Å². The number of rotatable bonds is 5. The fourth-order valence-corrected chi connectivity index (χ4v) is 3.68. The highest BCUT2D eigenvalue weighted by Gasteiger charge is 2.42. The topological polar surface area (TPSA) is 65.7 Å². The number of Topliss-reactive ketones (excluding diaryl/α,β-unsaturated/α-hetero) is 1.